The Labute approximate surface area is 135 Å². The molecule has 1 unspecified atom stereocenters. The quantitative estimate of drug-likeness (QED) is 0.603. The van der Waals surface area contributed by atoms with Gasteiger partial charge in [0.15, 0.2) is 0 Å². The van der Waals surface area contributed by atoms with Crippen LogP contribution in [0.5, 0.6) is 0 Å². The van der Waals surface area contributed by atoms with Crippen molar-refractivity contribution >= 4 is 13.5 Å². The van der Waals surface area contributed by atoms with Gasteiger partial charge in [-0.05, 0) is 24.6 Å². The summed E-state index contributed by atoms with van der Waals surface area (Å²) < 4.78 is 17.0. The molecule has 0 aliphatic rings. The van der Waals surface area contributed by atoms with Crippen molar-refractivity contribution in [2.75, 3.05) is 13.2 Å². The Morgan fingerprint density at radius 2 is 1.78 bits per heavy atom. The maximum Gasteiger partial charge on any atom is 0.332 e. The van der Waals surface area contributed by atoms with Gasteiger partial charge in [-0.25, -0.2) is 0 Å². The largest absolute Gasteiger partial charge is 0.350 e. The summed E-state index contributed by atoms with van der Waals surface area (Å²) in [5.41, 5.74) is 2.36. The Hall–Kier alpha value is -1.94. The molecule has 122 valence electrons. The van der Waals surface area contributed by atoms with E-state index in [2.05, 4.69) is 5.32 Å². The van der Waals surface area contributed by atoms with Gasteiger partial charge in [-0.1, -0.05) is 48.0 Å². The highest BCUT2D eigenvalue weighted by atomic mass is 31.2. The summed E-state index contributed by atoms with van der Waals surface area (Å²) in [6, 6.07) is 16.2. The number of carbonyl (C=O) groups is 1. The molecule has 1 amide bonds. The van der Waals surface area contributed by atoms with Gasteiger partial charge >= 0.3 is 7.60 Å². The number of benzene rings is 2. The van der Waals surface area contributed by atoms with E-state index in [1.54, 1.807) is 36.4 Å². The van der Waals surface area contributed by atoms with Gasteiger partial charge in [0, 0.05) is 12.1 Å². The molecule has 0 aromatic heterocycles. The van der Waals surface area contributed by atoms with Crippen LogP contribution in [0.25, 0.3) is 0 Å². The first-order chi connectivity index (χ1) is 11.0. The highest BCUT2D eigenvalue weighted by Gasteiger charge is 2.19. The van der Waals surface area contributed by atoms with Gasteiger partial charge in [0.05, 0.1) is 12.8 Å². The zero-order valence-corrected chi connectivity index (χ0v) is 13.8. The minimum absolute atomic E-state index is 0.0157. The zero-order valence-electron chi connectivity index (χ0n) is 12.9. The Morgan fingerprint density at radius 3 is 2.43 bits per heavy atom. The predicted molar refractivity (Wildman–Crippen MR) is 89.4 cm³/mol. The highest BCUT2D eigenvalue weighted by molar-refractivity contribution is 7.51. The summed E-state index contributed by atoms with van der Waals surface area (Å²) in [7, 11) is -3.70. The van der Waals surface area contributed by atoms with Gasteiger partial charge in [0.2, 0.25) is 0 Å². The molecule has 5 nitrogen and oxygen atoms in total. The Bertz CT molecular complexity index is 685. The SMILES string of the molecule is Cc1ccc(C(=O)NCCOP(=O)(O)Cc2ccccc2)cc1. The van der Waals surface area contributed by atoms with E-state index in [0.29, 0.717) is 5.56 Å². The highest BCUT2D eigenvalue weighted by Crippen LogP contribution is 2.45. The third kappa shape index (κ3) is 5.99. The van der Waals surface area contributed by atoms with E-state index in [4.69, 9.17) is 4.52 Å². The monoisotopic (exact) mass is 333 g/mol. The van der Waals surface area contributed by atoms with Crippen LogP contribution in [0.1, 0.15) is 21.5 Å². The fourth-order valence-corrected chi connectivity index (χ4v) is 3.16. The number of hydrogen-bond acceptors (Lipinski definition) is 3. The van der Waals surface area contributed by atoms with Crippen molar-refractivity contribution in [2.24, 2.45) is 0 Å². The van der Waals surface area contributed by atoms with E-state index in [9.17, 15) is 14.3 Å². The molecule has 0 saturated heterocycles. The summed E-state index contributed by atoms with van der Waals surface area (Å²) in [5, 5.41) is 2.66. The normalized spacial score (nSPS) is 13.3. The molecule has 6 heteroatoms. The summed E-state index contributed by atoms with van der Waals surface area (Å²) in [6.07, 6.45) is -0.0419. The van der Waals surface area contributed by atoms with Crippen LogP contribution in [0, 0.1) is 6.92 Å². The topological polar surface area (TPSA) is 75.6 Å². The van der Waals surface area contributed by atoms with Crippen molar-refractivity contribution in [1.29, 1.82) is 0 Å². The lowest BCUT2D eigenvalue weighted by molar-refractivity contribution is 0.0945. The van der Waals surface area contributed by atoms with Crippen molar-refractivity contribution in [3.63, 3.8) is 0 Å². The average molecular weight is 333 g/mol. The summed E-state index contributed by atoms with van der Waals surface area (Å²) in [4.78, 5) is 21.7. The van der Waals surface area contributed by atoms with Crippen molar-refractivity contribution in [3.05, 3.63) is 71.3 Å². The van der Waals surface area contributed by atoms with Gasteiger partial charge in [-0.2, -0.15) is 0 Å². The predicted octanol–water partition coefficient (Wildman–Crippen LogP) is 3.13. The van der Waals surface area contributed by atoms with Crippen LogP contribution >= 0.6 is 7.60 Å². The standard InChI is InChI=1S/C17H20NO4P/c1-14-7-9-16(10-8-14)17(19)18-11-12-22-23(20,21)13-15-5-3-2-4-6-15/h2-10H,11-13H2,1H3,(H,18,19)(H,20,21). The smallest absolute Gasteiger partial charge is 0.332 e. The zero-order chi connectivity index (χ0) is 16.7. The van der Waals surface area contributed by atoms with Crippen LogP contribution < -0.4 is 5.32 Å². The van der Waals surface area contributed by atoms with E-state index < -0.39 is 7.60 Å². The number of rotatable bonds is 7. The van der Waals surface area contributed by atoms with Gasteiger partial charge in [-0.15, -0.1) is 0 Å². The molecule has 2 N–H and O–H groups in total. The molecule has 0 bridgehead atoms. The number of carbonyl (C=O) groups excluding carboxylic acids is 1. The van der Waals surface area contributed by atoms with Crippen LogP contribution in [0.15, 0.2) is 54.6 Å². The molecular weight excluding hydrogens is 313 g/mol. The molecule has 0 heterocycles. The van der Waals surface area contributed by atoms with E-state index in [1.165, 1.54) is 0 Å². The third-order valence-electron chi connectivity index (χ3n) is 3.22. The van der Waals surface area contributed by atoms with E-state index in [-0.39, 0.29) is 25.2 Å². The Balaban J connectivity index is 1.75. The van der Waals surface area contributed by atoms with Crippen molar-refractivity contribution in [1.82, 2.24) is 5.32 Å². The number of aryl methyl sites for hydroxylation is 1. The van der Waals surface area contributed by atoms with Crippen molar-refractivity contribution < 1.29 is 18.8 Å². The lowest BCUT2D eigenvalue weighted by Gasteiger charge is -2.12. The van der Waals surface area contributed by atoms with Crippen LogP contribution in [-0.2, 0) is 15.3 Å². The number of amides is 1. The molecule has 0 radical (unpaired) electrons. The van der Waals surface area contributed by atoms with Crippen molar-refractivity contribution in [3.8, 4) is 0 Å². The Morgan fingerprint density at radius 1 is 1.13 bits per heavy atom. The molecule has 0 spiro atoms. The Kier molecular flexibility index (Phi) is 6.11. The molecule has 2 rings (SSSR count). The van der Waals surface area contributed by atoms with Crippen LogP contribution in [0.3, 0.4) is 0 Å². The van der Waals surface area contributed by atoms with Gasteiger partial charge in [-0.3, -0.25) is 9.36 Å². The van der Waals surface area contributed by atoms with E-state index in [1.807, 2.05) is 25.1 Å². The minimum Gasteiger partial charge on any atom is -0.350 e. The molecule has 0 fully saturated rings. The summed E-state index contributed by atoms with van der Waals surface area (Å²) in [5.74, 6) is -0.232. The molecule has 23 heavy (non-hydrogen) atoms. The molecular formula is C17H20NO4P. The minimum atomic E-state index is -3.70. The summed E-state index contributed by atoms with van der Waals surface area (Å²) in [6.45, 7) is 2.10. The van der Waals surface area contributed by atoms with Gasteiger partial charge < -0.3 is 14.7 Å². The van der Waals surface area contributed by atoms with Gasteiger partial charge in [0.1, 0.15) is 0 Å². The first kappa shape index (κ1) is 17.4. The van der Waals surface area contributed by atoms with Crippen LogP contribution in [0.4, 0.5) is 0 Å². The lowest BCUT2D eigenvalue weighted by atomic mass is 10.1. The molecule has 2 aromatic carbocycles. The van der Waals surface area contributed by atoms with Crippen LogP contribution in [-0.4, -0.2) is 24.0 Å². The first-order valence-electron chi connectivity index (χ1n) is 7.31. The average Bonchev–Trinajstić information content (AvgIpc) is 2.52. The summed E-state index contributed by atoms with van der Waals surface area (Å²) >= 11 is 0. The second kappa shape index (κ2) is 8.06. The number of hydrogen-bond donors (Lipinski definition) is 2. The van der Waals surface area contributed by atoms with Crippen molar-refractivity contribution in [2.45, 2.75) is 13.1 Å². The third-order valence-corrected chi connectivity index (χ3v) is 4.57. The molecule has 0 aliphatic heterocycles. The maximum atomic E-state index is 12.0. The second-order valence-electron chi connectivity index (χ2n) is 5.24. The number of nitrogens with one attached hydrogen (secondary N) is 1. The fraction of sp³-hybridized carbons (Fsp3) is 0.235. The fourth-order valence-electron chi connectivity index (χ4n) is 2.02. The van der Waals surface area contributed by atoms with E-state index in [0.717, 1.165) is 11.1 Å². The molecule has 1 atom stereocenters. The van der Waals surface area contributed by atoms with Gasteiger partial charge in [0.25, 0.3) is 5.91 Å². The molecule has 0 aliphatic carbocycles. The first-order valence-corrected chi connectivity index (χ1v) is 9.08. The lowest BCUT2D eigenvalue weighted by Crippen LogP contribution is -2.27. The van der Waals surface area contributed by atoms with E-state index >= 15 is 0 Å². The molecule has 2 aromatic rings. The second-order valence-corrected chi connectivity index (χ2v) is 7.09. The molecule has 0 saturated carbocycles. The van der Waals surface area contributed by atoms with Crippen LogP contribution in [0.2, 0.25) is 0 Å². The maximum absolute atomic E-state index is 12.0.